The molecule has 0 aromatic carbocycles. The topological polar surface area (TPSA) is 83.8 Å². The fourth-order valence-electron chi connectivity index (χ4n) is 0.632. The maximum absolute atomic E-state index is 10.2. The molecule has 0 aliphatic heterocycles. The molecule has 0 aromatic heterocycles. The molecule has 0 rings (SSSR count). The summed E-state index contributed by atoms with van der Waals surface area (Å²) in [5, 5.41) is 16.7. The van der Waals surface area contributed by atoms with Gasteiger partial charge in [-0.25, -0.2) is 0 Å². The van der Waals surface area contributed by atoms with Crippen molar-refractivity contribution in [2.75, 3.05) is 13.7 Å². The van der Waals surface area contributed by atoms with Crippen LogP contribution in [0.2, 0.25) is 0 Å². The second-order valence-corrected chi connectivity index (χ2v) is 3.25. The van der Waals surface area contributed by atoms with Gasteiger partial charge in [-0.15, -0.1) is 0 Å². The van der Waals surface area contributed by atoms with E-state index < -0.39 is 23.8 Å². The second-order valence-electron chi connectivity index (χ2n) is 3.25. The first-order valence-electron chi connectivity index (χ1n) is 4.82. The Morgan fingerprint density at radius 3 is 1.41 bits per heavy atom. The van der Waals surface area contributed by atoms with Crippen molar-refractivity contribution in [3.05, 3.63) is 0 Å². The van der Waals surface area contributed by atoms with E-state index in [1.165, 1.54) is 13.8 Å². The molecule has 0 radical (unpaired) electrons. The van der Waals surface area contributed by atoms with Crippen LogP contribution in [0, 0.1) is 11.8 Å². The number of ether oxygens (including phenoxy) is 1. The van der Waals surface area contributed by atoms with E-state index >= 15 is 0 Å². The van der Waals surface area contributed by atoms with Crippen LogP contribution >= 0.6 is 0 Å². The molecule has 0 aromatic rings. The van der Waals surface area contributed by atoms with Gasteiger partial charge in [0.25, 0.3) is 0 Å². The van der Waals surface area contributed by atoms with Gasteiger partial charge in [0.1, 0.15) is 0 Å². The number of carboxylic acid groups (broad SMARTS) is 2. The van der Waals surface area contributed by atoms with Crippen LogP contribution in [0.5, 0.6) is 0 Å². The lowest BCUT2D eigenvalue weighted by Gasteiger charge is -2.09. The van der Waals surface area contributed by atoms with Gasteiger partial charge in [-0.05, 0) is 6.42 Å². The molecule has 2 unspecified atom stereocenters. The molecule has 2 atom stereocenters. The van der Waals surface area contributed by atoms with Crippen molar-refractivity contribution in [2.24, 2.45) is 11.8 Å². The molecule has 0 fully saturated rings. The number of methoxy groups -OCH3 is 1. The minimum atomic E-state index is -1.07. The first-order chi connectivity index (χ1) is 6.88. The molecule has 0 heterocycles. The lowest BCUT2D eigenvalue weighted by molar-refractivity contribution is -0.152. The van der Waals surface area contributed by atoms with Gasteiger partial charge in [-0.3, -0.25) is 9.59 Å². The molecule has 5 heteroatoms. The summed E-state index contributed by atoms with van der Waals surface area (Å²) in [5.74, 6) is -3.79. The maximum Gasteiger partial charge on any atom is 0.307 e. The van der Waals surface area contributed by atoms with Crippen molar-refractivity contribution in [3.63, 3.8) is 0 Å². The molecule has 0 bridgehead atoms. The van der Waals surface area contributed by atoms with E-state index in [1.54, 1.807) is 7.11 Å². The summed E-state index contributed by atoms with van der Waals surface area (Å²) < 4.78 is 4.69. The van der Waals surface area contributed by atoms with Crippen LogP contribution < -0.4 is 0 Å². The summed E-state index contributed by atoms with van der Waals surface area (Å²) >= 11 is 0. The Balaban J connectivity index is -0.000000105. The zero-order valence-corrected chi connectivity index (χ0v) is 9.69. The average Bonchev–Trinajstić information content (AvgIpc) is 2.17. The van der Waals surface area contributed by atoms with Gasteiger partial charge in [0.05, 0.1) is 11.8 Å². The van der Waals surface area contributed by atoms with Gasteiger partial charge in [-0.1, -0.05) is 35.6 Å². The highest BCUT2D eigenvalue weighted by Gasteiger charge is 2.24. The van der Waals surface area contributed by atoms with E-state index in [0.717, 1.165) is 13.0 Å². The van der Waals surface area contributed by atoms with Crippen molar-refractivity contribution in [1.29, 1.82) is 0 Å². The Bertz CT molecular complexity index is 171. The standard InChI is InChI=1S/C6H10O4.C4H10O.2CH4/c1-3(5(7)8)4(2)6(9)10;1-3-4-5-2;;/h3-4H,1-2H3,(H,7,8)(H,9,10);3-4H2,1-2H3;2*1H4. The van der Waals surface area contributed by atoms with Crippen LogP contribution in [0.1, 0.15) is 42.0 Å². The molecular weight excluding hydrogens is 224 g/mol. The lowest BCUT2D eigenvalue weighted by atomic mass is 9.97. The minimum absolute atomic E-state index is 0. The number of rotatable bonds is 5. The zero-order valence-electron chi connectivity index (χ0n) is 9.69. The largest absolute Gasteiger partial charge is 0.481 e. The highest BCUT2D eigenvalue weighted by Crippen LogP contribution is 2.10. The molecule has 106 valence electrons. The summed E-state index contributed by atoms with van der Waals surface area (Å²) in [6.07, 6.45) is 1.12. The smallest absolute Gasteiger partial charge is 0.307 e. The predicted octanol–water partition coefficient (Wildman–Crippen LogP) is 2.74. The van der Waals surface area contributed by atoms with Crippen LogP contribution in [-0.4, -0.2) is 35.9 Å². The normalized spacial score (nSPS) is 11.8. The SMILES string of the molecule is C.C.CC(C(=O)O)C(C)C(=O)O.CCCOC. The van der Waals surface area contributed by atoms with Gasteiger partial charge >= 0.3 is 11.9 Å². The zero-order chi connectivity index (χ0) is 12.4. The van der Waals surface area contributed by atoms with Crippen LogP contribution in [0.4, 0.5) is 0 Å². The predicted molar refractivity (Wildman–Crippen MR) is 69.2 cm³/mol. The van der Waals surface area contributed by atoms with Gasteiger partial charge in [0.2, 0.25) is 0 Å². The van der Waals surface area contributed by atoms with E-state index in [0.29, 0.717) is 0 Å². The lowest BCUT2D eigenvalue weighted by Crippen LogP contribution is -2.24. The third kappa shape index (κ3) is 14.9. The van der Waals surface area contributed by atoms with Gasteiger partial charge in [-0.2, -0.15) is 0 Å². The molecule has 5 nitrogen and oxygen atoms in total. The van der Waals surface area contributed by atoms with Crippen molar-refractivity contribution in [2.45, 2.75) is 42.0 Å². The van der Waals surface area contributed by atoms with E-state index in [9.17, 15) is 9.59 Å². The van der Waals surface area contributed by atoms with E-state index in [2.05, 4.69) is 6.92 Å². The summed E-state index contributed by atoms with van der Waals surface area (Å²) in [4.78, 5) is 20.4. The molecular formula is C12H28O5. The molecule has 17 heavy (non-hydrogen) atoms. The summed E-state index contributed by atoms with van der Waals surface area (Å²) in [6.45, 7) is 5.73. The van der Waals surface area contributed by atoms with E-state index in [-0.39, 0.29) is 14.9 Å². The maximum atomic E-state index is 10.2. The fourth-order valence-corrected chi connectivity index (χ4v) is 0.632. The highest BCUT2D eigenvalue weighted by molar-refractivity contribution is 5.79. The first kappa shape index (κ1) is 24.9. The van der Waals surface area contributed by atoms with Gasteiger partial charge in [0, 0.05) is 13.7 Å². The minimum Gasteiger partial charge on any atom is -0.481 e. The third-order valence-electron chi connectivity index (χ3n) is 1.94. The number of carbonyl (C=O) groups is 2. The Morgan fingerprint density at radius 2 is 1.35 bits per heavy atom. The average molecular weight is 252 g/mol. The molecule has 0 saturated carbocycles. The molecule has 0 aliphatic carbocycles. The van der Waals surface area contributed by atoms with Gasteiger partial charge < -0.3 is 14.9 Å². The summed E-state index contributed by atoms with van der Waals surface area (Å²) in [6, 6.07) is 0. The highest BCUT2D eigenvalue weighted by atomic mass is 16.5. The van der Waals surface area contributed by atoms with Crippen molar-refractivity contribution < 1.29 is 24.5 Å². The van der Waals surface area contributed by atoms with E-state index in [1.807, 2.05) is 0 Å². The molecule has 0 aliphatic rings. The summed E-state index contributed by atoms with van der Waals surface area (Å²) in [7, 11) is 1.71. The number of carboxylic acids is 2. The van der Waals surface area contributed by atoms with E-state index in [4.69, 9.17) is 14.9 Å². The third-order valence-corrected chi connectivity index (χ3v) is 1.94. The molecule has 0 saturated heterocycles. The van der Waals surface area contributed by atoms with Crippen LogP contribution in [0.15, 0.2) is 0 Å². The number of hydrogen-bond donors (Lipinski definition) is 2. The molecule has 0 amide bonds. The van der Waals surface area contributed by atoms with Crippen molar-refractivity contribution >= 4 is 11.9 Å². The Morgan fingerprint density at radius 1 is 1.06 bits per heavy atom. The molecule has 2 N–H and O–H groups in total. The molecule has 0 spiro atoms. The Kier molecular flexibility index (Phi) is 21.8. The van der Waals surface area contributed by atoms with Crippen LogP contribution in [-0.2, 0) is 14.3 Å². The Labute approximate surface area is 105 Å². The van der Waals surface area contributed by atoms with Crippen molar-refractivity contribution in [1.82, 2.24) is 0 Å². The van der Waals surface area contributed by atoms with Crippen molar-refractivity contribution in [3.8, 4) is 0 Å². The quantitative estimate of drug-likeness (QED) is 0.786. The van der Waals surface area contributed by atoms with Gasteiger partial charge in [0.15, 0.2) is 0 Å². The van der Waals surface area contributed by atoms with Crippen LogP contribution in [0.3, 0.4) is 0 Å². The summed E-state index contributed by atoms with van der Waals surface area (Å²) in [5.41, 5.74) is 0. The fraction of sp³-hybridized carbons (Fsp3) is 0.833. The Hall–Kier alpha value is -1.10. The monoisotopic (exact) mass is 252 g/mol. The first-order valence-corrected chi connectivity index (χ1v) is 4.82. The number of hydrogen-bond acceptors (Lipinski definition) is 3. The number of aliphatic carboxylic acids is 2. The second kappa shape index (κ2) is 14.9. The van der Waals surface area contributed by atoms with Crippen LogP contribution in [0.25, 0.3) is 0 Å².